The summed E-state index contributed by atoms with van der Waals surface area (Å²) in [6.07, 6.45) is 4.50. The molecule has 2 aliphatic rings. The second kappa shape index (κ2) is 8.89. The van der Waals surface area contributed by atoms with E-state index in [4.69, 9.17) is 9.15 Å². The normalized spacial score (nSPS) is 22.0. The van der Waals surface area contributed by atoms with Gasteiger partial charge >= 0.3 is 12.0 Å². The van der Waals surface area contributed by atoms with Crippen molar-refractivity contribution in [1.82, 2.24) is 15.5 Å². The van der Waals surface area contributed by atoms with Crippen LogP contribution in [0, 0.1) is 11.8 Å². The Kier molecular flexibility index (Phi) is 6.30. The van der Waals surface area contributed by atoms with Crippen molar-refractivity contribution in [2.75, 3.05) is 6.61 Å². The van der Waals surface area contributed by atoms with Gasteiger partial charge in [-0.3, -0.25) is 24.6 Å². The molecule has 10 nitrogen and oxygen atoms in total. The molecule has 2 heterocycles. The van der Waals surface area contributed by atoms with E-state index in [9.17, 15) is 24.0 Å². The smallest absolute Gasteiger partial charge is 0.329 e. The maximum absolute atomic E-state index is 12.5. The van der Waals surface area contributed by atoms with Gasteiger partial charge in [0.15, 0.2) is 6.61 Å². The number of ether oxygens (including phenoxy) is 1. The summed E-state index contributed by atoms with van der Waals surface area (Å²) in [4.78, 5) is 61.6. The highest BCUT2D eigenvalue weighted by Gasteiger charge is 2.51. The molecule has 1 aromatic rings. The molecular weight excluding hydrogens is 382 g/mol. The first kappa shape index (κ1) is 20.6. The largest absolute Gasteiger partial charge is 0.467 e. The molecule has 156 valence electrons. The molecule has 1 aliphatic carbocycles. The number of urea groups is 1. The van der Waals surface area contributed by atoms with Gasteiger partial charge in [0.2, 0.25) is 11.8 Å². The Morgan fingerprint density at radius 1 is 1.21 bits per heavy atom. The summed E-state index contributed by atoms with van der Waals surface area (Å²) < 4.78 is 9.92. The first-order valence-corrected chi connectivity index (χ1v) is 9.52. The highest BCUT2D eigenvalue weighted by Crippen LogP contribution is 2.38. The van der Waals surface area contributed by atoms with Crippen molar-refractivity contribution in [3.05, 3.63) is 24.2 Å². The second-order valence-electron chi connectivity index (χ2n) is 7.14. The van der Waals surface area contributed by atoms with Crippen molar-refractivity contribution in [3.63, 3.8) is 0 Å². The number of amides is 5. The van der Waals surface area contributed by atoms with Crippen LogP contribution in [0.3, 0.4) is 0 Å². The average molecular weight is 405 g/mol. The number of nitrogens with zero attached hydrogens (tertiary/aromatic N) is 1. The Morgan fingerprint density at radius 2 is 1.86 bits per heavy atom. The molecule has 2 fully saturated rings. The summed E-state index contributed by atoms with van der Waals surface area (Å²) in [5, 5.41) is 4.42. The summed E-state index contributed by atoms with van der Waals surface area (Å²) in [6, 6.07) is 1.42. The molecule has 0 unspecified atom stereocenters. The maximum Gasteiger partial charge on any atom is 0.329 e. The number of fused-ring (bicyclic) bond motifs is 1. The molecule has 0 aromatic carbocycles. The van der Waals surface area contributed by atoms with Gasteiger partial charge in [-0.1, -0.05) is 12.8 Å². The minimum absolute atomic E-state index is 0.0877. The van der Waals surface area contributed by atoms with Crippen molar-refractivity contribution in [2.45, 2.75) is 45.2 Å². The van der Waals surface area contributed by atoms with Crippen molar-refractivity contribution < 1.29 is 33.1 Å². The van der Waals surface area contributed by atoms with Gasteiger partial charge in [0.1, 0.15) is 11.8 Å². The van der Waals surface area contributed by atoms with Crippen LogP contribution in [0.5, 0.6) is 0 Å². The van der Waals surface area contributed by atoms with Gasteiger partial charge in [-0.2, -0.15) is 0 Å². The minimum Gasteiger partial charge on any atom is -0.467 e. The molecule has 1 saturated heterocycles. The highest BCUT2D eigenvalue weighted by molar-refractivity contribution is 6.08. The van der Waals surface area contributed by atoms with Crippen LogP contribution in [0.2, 0.25) is 0 Å². The molecule has 1 aliphatic heterocycles. The molecule has 10 heteroatoms. The summed E-state index contributed by atoms with van der Waals surface area (Å²) in [7, 11) is 0. The molecule has 1 saturated carbocycles. The number of carbonyl (C=O) groups is 5. The van der Waals surface area contributed by atoms with Crippen LogP contribution in [0.25, 0.3) is 0 Å². The van der Waals surface area contributed by atoms with Crippen molar-refractivity contribution >= 4 is 29.7 Å². The van der Waals surface area contributed by atoms with Gasteiger partial charge in [0.25, 0.3) is 5.91 Å². The number of imide groups is 2. The zero-order chi connectivity index (χ0) is 21.0. The van der Waals surface area contributed by atoms with Gasteiger partial charge < -0.3 is 14.5 Å². The van der Waals surface area contributed by atoms with E-state index in [0.717, 1.165) is 17.7 Å². The van der Waals surface area contributed by atoms with E-state index >= 15 is 0 Å². The van der Waals surface area contributed by atoms with Crippen LogP contribution in [-0.4, -0.2) is 47.3 Å². The van der Waals surface area contributed by atoms with Crippen molar-refractivity contribution in [1.29, 1.82) is 0 Å². The lowest BCUT2D eigenvalue weighted by atomic mass is 9.81. The van der Waals surface area contributed by atoms with Crippen LogP contribution < -0.4 is 10.6 Å². The van der Waals surface area contributed by atoms with Crippen molar-refractivity contribution in [2.24, 2.45) is 11.8 Å². The summed E-state index contributed by atoms with van der Waals surface area (Å²) >= 11 is 0. The zero-order valence-corrected chi connectivity index (χ0v) is 16.0. The number of furan rings is 1. The Labute approximate surface area is 166 Å². The Morgan fingerprint density at radius 3 is 2.45 bits per heavy atom. The monoisotopic (exact) mass is 405 g/mol. The van der Waals surface area contributed by atoms with Crippen LogP contribution in [-0.2, 0) is 30.5 Å². The lowest BCUT2D eigenvalue weighted by Gasteiger charge is -2.21. The third-order valence-electron chi connectivity index (χ3n) is 5.21. The molecule has 5 amide bonds. The van der Waals surface area contributed by atoms with Gasteiger partial charge in [0.05, 0.1) is 24.6 Å². The second-order valence-corrected chi connectivity index (χ2v) is 7.14. The third-order valence-corrected chi connectivity index (χ3v) is 5.21. The standard InChI is InChI=1S/C19H23N3O7/c1-11(22-16(24)13-6-2-3-7-14(13)17(22)25)18(26)29-10-15(23)21-19(27)20-9-12-5-4-8-28-12/h4-5,8,11,13-14H,2-3,6-7,9-10H2,1H3,(H2,20,21,23,27)/t11-,13+,14+/m0/s1. The quantitative estimate of drug-likeness (QED) is 0.526. The zero-order valence-electron chi connectivity index (χ0n) is 16.0. The van der Waals surface area contributed by atoms with Crippen molar-refractivity contribution in [3.8, 4) is 0 Å². The number of carbonyl (C=O) groups excluding carboxylic acids is 5. The van der Waals surface area contributed by atoms with Gasteiger partial charge in [0, 0.05) is 0 Å². The number of likely N-dealkylation sites (tertiary alicyclic amines) is 1. The van der Waals surface area contributed by atoms with E-state index < -0.39 is 30.6 Å². The minimum atomic E-state index is -1.12. The van der Waals surface area contributed by atoms with Gasteiger partial charge in [-0.15, -0.1) is 0 Å². The molecule has 2 N–H and O–H groups in total. The van der Waals surface area contributed by atoms with E-state index in [2.05, 4.69) is 5.32 Å². The summed E-state index contributed by atoms with van der Waals surface area (Å²) in [6.45, 7) is 0.772. The summed E-state index contributed by atoms with van der Waals surface area (Å²) in [5.74, 6) is -2.66. The van der Waals surface area contributed by atoms with Gasteiger partial charge in [-0.05, 0) is 31.9 Å². The Hall–Kier alpha value is -3.17. The number of nitrogens with one attached hydrogen (secondary N) is 2. The van der Waals surface area contributed by atoms with E-state index in [0.29, 0.717) is 18.6 Å². The Balaban J connectivity index is 1.44. The molecule has 0 spiro atoms. The average Bonchev–Trinajstić information content (AvgIpc) is 3.31. The lowest BCUT2D eigenvalue weighted by molar-refractivity contribution is -0.159. The predicted molar refractivity (Wildman–Crippen MR) is 96.8 cm³/mol. The number of esters is 1. The van der Waals surface area contributed by atoms with E-state index in [1.54, 1.807) is 12.1 Å². The van der Waals surface area contributed by atoms with Crippen LogP contribution >= 0.6 is 0 Å². The first-order valence-electron chi connectivity index (χ1n) is 9.52. The lowest BCUT2D eigenvalue weighted by Crippen LogP contribution is -2.46. The molecule has 0 bridgehead atoms. The fourth-order valence-corrected chi connectivity index (χ4v) is 3.72. The highest BCUT2D eigenvalue weighted by atomic mass is 16.5. The summed E-state index contributed by atoms with van der Waals surface area (Å²) in [5.41, 5.74) is 0. The number of hydrogen-bond acceptors (Lipinski definition) is 7. The third kappa shape index (κ3) is 4.64. The number of rotatable bonds is 6. The molecule has 1 aromatic heterocycles. The SMILES string of the molecule is C[C@@H](C(=O)OCC(=O)NC(=O)NCc1ccco1)N1C(=O)[C@@H]2CCCC[C@H]2C1=O. The maximum atomic E-state index is 12.5. The molecule has 29 heavy (non-hydrogen) atoms. The van der Waals surface area contributed by atoms with Gasteiger partial charge in [-0.25, -0.2) is 9.59 Å². The molecular formula is C19H23N3O7. The fraction of sp³-hybridized carbons (Fsp3) is 0.526. The van der Waals surface area contributed by atoms with E-state index in [1.165, 1.54) is 13.2 Å². The van der Waals surface area contributed by atoms with Crippen LogP contribution in [0.1, 0.15) is 38.4 Å². The fourth-order valence-electron chi connectivity index (χ4n) is 3.72. The van der Waals surface area contributed by atoms with E-state index in [-0.39, 0.29) is 30.2 Å². The molecule has 3 atom stereocenters. The van der Waals surface area contributed by atoms with E-state index in [1.807, 2.05) is 5.32 Å². The molecule has 3 rings (SSSR count). The van der Waals surface area contributed by atoms with Crippen LogP contribution in [0.4, 0.5) is 4.79 Å². The predicted octanol–water partition coefficient (Wildman–Crippen LogP) is 0.712. The first-order chi connectivity index (χ1) is 13.9. The van der Waals surface area contributed by atoms with Crippen LogP contribution in [0.15, 0.2) is 22.8 Å². The Bertz CT molecular complexity index is 781. The number of hydrogen-bond donors (Lipinski definition) is 2. The molecule has 0 radical (unpaired) electrons. The topological polar surface area (TPSA) is 135 Å².